The zero-order valence-electron chi connectivity index (χ0n) is 16.5. The molecule has 0 radical (unpaired) electrons. The summed E-state index contributed by atoms with van der Waals surface area (Å²) in [5.74, 6) is 0.696. The monoisotopic (exact) mass is 365 g/mol. The summed E-state index contributed by atoms with van der Waals surface area (Å²) in [5.41, 5.74) is 6.24. The number of fused-ring (bicyclic) bond motifs is 2. The van der Waals surface area contributed by atoms with Gasteiger partial charge in [-0.1, -0.05) is 50.6 Å². The number of hydrogen-bond donors (Lipinski definition) is 0. The predicted octanol–water partition coefficient (Wildman–Crippen LogP) is 5.66. The highest BCUT2D eigenvalue weighted by Gasteiger charge is 2.26. The van der Waals surface area contributed by atoms with Crippen LogP contribution in [0.4, 0.5) is 4.39 Å². The van der Waals surface area contributed by atoms with E-state index in [0.29, 0.717) is 12.0 Å². The molecule has 2 aliphatic heterocycles. The standard InChI is InChI=1S/C24H28FNO/c1-24(2,3)16-26-12-10-17(11-13-26)23-20-9-8-19(25)14-18(20)15-27-22-7-5-4-6-21(22)23/h4-9,14H,10-13,15-16H2,1-3H3. The SMILES string of the molecule is CC(C)(C)CN1CCC(=C2c3ccc(F)cc3COc3ccccc32)CC1. The third-order valence-electron chi connectivity index (χ3n) is 5.39. The number of nitrogens with zero attached hydrogens (tertiary/aromatic N) is 1. The van der Waals surface area contributed by atoms with Crippen molar-refractivity contribution in [1.82, 2.24) is 4.90 Å². The maximum absolute atomic E-state index is 13.9. The molecule has 2 heterocycles. The summed E-state index contributed by atoms with van der Waals surface area (Å²) >= 11 is 0. The third-order valence-corrected chi connectivity index (χ3v) is 5.39. The molecule has 1 fully saturated rings. The minimum atomic E-state index is -0.201. The van der Waals surface area contributed by atoms with Gasteiger partial charge in [0, 0.05) is 30.8 Å². The highest BCUT2D eigenvalue weighted by molar-refractivity contribution is 5.87. The number of para-hydroxylation sites is 1. The number of ether oxygens (including phenoxy) is 1. The molecular weight excluding hydrogens is 337 g/mol. The molecule has 2 aromatic rings. The number of hydrogen-bond acceptors (Lipinski definition) is 2. The Kier molecular flexibility index (Phi) is 4.81. The van der Waals surface area contributed by atoms with E-state index in [9.17, 15) is 4.39 Å². The van der Waals surface area contributed by atoms with Crippen LogP contribution in [0.2, 0.25) is 0 Å². The van der Waals surface area contributed by atoms with Gasteiger partial charge in [-0.2, -0.15) is 0 Å². The van der Waals surface area contributed by atoms with Crippen LogP contribution in [0.25, 0.3) is 5.57 Å². The van der Waals surface area contributed by atoms with Crippen LogP contribution in [-0.2, 0) is 6.61 Å². The van der Waals surface area contributed by atoms with Crippen molar-refractivity contribution in [3.05, 3.63) is 70.5 Å². The van der Waals surface area contributed by atoms with Crippen LogP contribution in [0.5, 0.6) is 5.75 Å². The van der Waals surface area contributed by atoms with Gasteiger partial charge in [0.15, 0.2) is 0 Å². The fourth-order valence-electron chi connectivity index (χ4n) is 4.31. The molecule has 0 bridgehead atoms. The summed E-state index contributed by atoms with van der Waals surface area (Å²) in [4.78, 5) is 2.56. The highest BCUT2D eigenvalue weighted by Crippen LogP contribution is 2.41. The summed E-state index contributed by atoms with van der Waals surface area (Å²) in [6.07, 6.45) is 2.10. The second-order valence-corrected chi connectivity index (χ2v) is 8.90. The summed E-state index contributed by atoms with van der Waals surface area (Å²) in [5, 5.41) is 0. The van der Waals surface area contributed by atoms with Crippen molar-refractivity contribution in [2.45, 2.75) is 40.2 Å². The van der Waals surface area contributed by atoms with Crippen LogP contribution in [-0.4, -0.2) is 24.5 Å². The zero-order chi connectivity index (χ0) is 19.0. The highest BCUT2D eigenvalue weighted by atomic mass is 19.1. The van der Waals surface area contributed by atoms with Crippen molar-refractivity contribution in [3.8, 4) is 5.75 Å². The van der Waals surface area contributed by atoms with Gasteiger partial charge in [-0.3, -0.25) is 0 Å². The summed E-state index contributed by atoms with van der Waals surface area (Å²) < 4.78 is 19.9. The van der Waals surface area contributed by atoms with E-state index in [-0.39, 0.29) is 5.82 Å². The Hall–Kier alpha value is -2.13. The van der Waals surface area contributed by atoms with Gasteiger partial charge in [0.2, 0.25) is 0 Å². The lowest BCUT2D eigenvalue weighted by molar-refractivity contribution is 0.181. The minimum absolute atomic E-state index is 0.201. The van der Waals surface area contributed by atoms with Crippen LogP contribution in [0.1, 0.15) is 50.3 Å². The average Bonchev–Trinajstić information content (AvgIpc) is 2.78. The fraction of sp³-hybridized carbons (Fsp3) is 0.417. The number of piperidine rings is 1. The largest absolute Gasteiger partial charge is 0.488 e. The third kappa shape index (κ3) is 3.93. The lowest BCUT2D eigenvalue weighted by Gasteiger charge is -2.34. The van der Waals surface area contributed by atoms with Crippen molar-refractivity contribution >= 4 is 5.57 Å². The lowest BCUT2D eigenvalue weighted by Crippen LogP contribution is -2.37. The van der Waals surface area contributed by atoms with E-state index < -0.39 is 0 Å². The fourth-order valence-corrected chi connectivity index (χ4v) is 4.31. The first-order chi connectivity index (χ1) is 12.9. The van der Waals surface area contributed by atoms with E-state index in [2.05, 4.69) is 37.8 Å². The van der Waals surface area contributed by atoms with Gasteiger partial charge in [0.05, 0.1) is 0 Å². The number of likely N-dealkylation sites (tertiary alicyclic amines) is 1. The van der Waals surface area contributed by atoms with Crippen molar-refractivity contribution in [2.75, 3.05) is 19.6 Å². The zero-order valence-corrected chi connectivity index (χ0v) is 16.5. The number of benzene rings is 2. The molecule has 0 amide bonds. The first-order valence-corrected chi connectivity index (χ1v) is 9.86. The maximum atomic E-state index is 13.9. The number of rotatable bonds is 1. The molecular formula is C24H28FNO. The molecule has 27 heavy (non-hydrogen) atoms. The van der Waals surface area contributed by atoms with Crippen LogP contribution in [0, 0.1) is 11.2 Å². The van der Waals surface area contributed by atoms with Gasteiger partial charge in [-0.15, -0.1) is 0 Å². The Morgan fingerprint density at radius 2 is 1.74 bits per heavy atom. The van der Waals surface area contributed by atoms with E-state index in [1.54, 1.807) is 12.1 Å². The van der Waals surface area contributed by atoms with Gasteiger partial charge in [0.1, 0.15) is 18.2 Å². The second-order valence-electron chi connectivity index (χ2n) is 8.90. The Morgan fingerprint density at radius 1 is 1.00 bits per heavy atom. The van der Waals surface area contributed by atoms with Crippen LogP contribution in [0.15, 0.2) is 48.0 Å². The van der Waals surface area contributed by atoms with Crippen LogP contribution in [0.3, 0.4) is 0 Å². The topological polar surface area (TPSA) is 12.5 Å². The molecule has 0 aromatic heterocycles. The van der Waals surface area contributed by atoms with E-state index in [4.69, 9.17) is 4.74 Å². The van der Waals surface area contributed by atoms with Gasteiger partial charge in [-0.05, 0) is 47.6 Å². The molecule has 2 aliphatic rings. The Morgan fingerprint density at radius 3 is 2.48 bits per heavy atom. The molecule has 2 aromatic carbocycles. The molecule has 2 nitrogen and oxygen atoms in total. The quantitative estimate of drug-likeness (QED) is 0.646. The minimum Gasteiger partial charge on any atom is -0.488 e. The summed E-state index contributed by atoms with van der Waals surface area (Å²) in [7, 11) is 0. The second kappa shape index (κ2) is 7.12. The normalized spacial score (nSPS) is 17.8. The molecule has 3 heteroatoms. The average molecular weight is 365 g/mol. The van der Waals surface area contributed by atoms with Gasteiger partial charge >= 0.3 is 0 Å². The smallest absolute Gasteiger partial charge is 0.127 e. The Balaban J connectivity index is 1.75. The van der Waals surface area contributed by atoms with E-state index in [1.165, 1.54) is 11.1 Å². The van der Waals surface area contributed by atoms with E-state index >= 15 is 0 Å². The maximum Gasteiger partial charge on any atom is 0.127 e. The van der Waals surface area contributed by atoms with E-state index in [0.717, 1.165) is 54.9 Å². The number of halogens is 1. The molecule has 142 valence electrons. The summed E-state index contributed by atoms with van der Waals surface area (Å²) in [6.45, 7) is 10.6. The molecule has 0 atom stereocenters. The Bertz CT molecular complexity index is 868. The first-order valence-electron chi connectivity index (χ1n) is 9.86. The van der Waals surface area contributed by atoms with Crippen LogP contribution >= 0.6 is 0 Å². The Labute approximate surface area is 161 Å². The summed E-state index contributed by atoms with van der Waals surface area (Å²) in [6, 6.07) is 13.3. The predicted molar refractivity (Wildman–Crippen MR) is 108 cm³/mol. The molecule has 0 unspecified atom stereocenters. The van der Waals surface area contributed by atoms with Gasteiger partial charge in [-0.25, -0.2) is 4.39 Å². The van der Waals surface area contributed by atoms with E-state index in [1.807, 2.05) is 18.2 Å². The molecule has 0 saturated carbocycles. The molecule has 0 spiro atoms. The molecule has 0 aliphatic carbocycles. The molecule has 4 rings (SSSR count). The van der Waals surface area contributed by atoms with Crippen molar-refractivity contribution in [3.63, 3.8) is 0 Å². The van der Waals surface area contributed by atoms with Crippen molar-refractivity contribution in [2.24, 2.45) is 5.41 Å². The molecule has 1 saturated heterocycles. The van der Waals surface area contributed by atoms with Gasteiger partial charge < -0.3 is 9.64 Å². The van der Waals surface area contributed by atoms with Crippen LogP contribution < -0.4 is 4.74 Å². The van der Waals surface area contributed by atoms with Gasteiger partial charge in [0.25, 0.3) is 0 Å². The lowest BCUT2D eigenvalue weighted by atomic mass is 9.86. The van der Waals surface area contributed by atoms with Crippen molar-refractivity contribution < 1.29 is 9.13 Å². The van der Waals surface area contributed by atoms with Crippen molar-refractivity contribution in [1.29, 1.82) is 0 Å². The first kappa shape index (κ1) is 18.2. The molecule has 0 N–H and O–H groups in total.